The molecule has 24 heavy (non-hydrogen) atoms. The summed E-state index contributed by atoms with van der Waals surface area (Å²) in [6, 6.07) is 7.08. The normalized spacial score (nSPS) is 14.8. The standard InChI is InChI=1S/C18H24N2O4/c21-16(11-6-12-17(22)23)20-15-10-5-4-9-14(15)18(24)19-13-7-2-1-3-8-13/h4-5,9-10,13H,1-3,6-8,11-12H2,(H,19,24)(H,20,21)(H,22,23). The number of benzene rings is 1. The molecule has 0 atom stereocenters. The van der Waals surface area contributed by atoms with E-state index in [0.29, 0.717) is 11.3 Å². The molecule has 0 unspecified atom stereocenters. The van der Waals surface area contributed by atoms with Gasteiger partial charge < -0.3 is 15.7 Å². The zero-order chi connectivity index (χ0) is 17.4. The van der Waals surface area contributed by atoms with E-state index < -0.39 is 5.97 Å². The molecule has 0 heterocycles. The van der Waals surface area contributed by atoms with Crippen molar-refractivity contribution in [3.05, 3.63) is 29.8 Å². The predicted molar refractivity (Wildman–Crippen MR) is 90.9 cm³/mol. The van der Waals surface area contributed by atoms with Crippen molar-refractivity contribution in [2.75, 3.05) is 5.32 Å². The molecule has 0 saturated heterocycles. The van der Waals surface area contributed by atoms with Crippen LogP contribution in [0.1, 0.15) is 61.7 Å². The molecule has 2 rings (SSSR count). The topological polar surface area (TPSA) is 95.5 Å². The molecule has 1 saturated carbocycles. The van der Waals surface area contributed by atoms with Crippen molar-refractivity contribution in [1.29, 1.82) is 0 Å². The Labute approximate surface area is 141 Å². The van der Waals surface area contributed by atoms with Gasteiger partial charge in [0.1, 0.15) is 0 Å². The smallest absolute Gasteiger partial charge is 0.303 e. The van der Waals surface area contributed by atoms with Gasteiger partial charge in [0.2, 0.25) is 5.91 Å². The van der Waals surface area contributed by atoms with Crippen LogP contribution in [-0.4, -0.2) is 28.9 Å². The summed E-state index contributed by atoms with van der Waals surface area (Å²) >= 11 is 0. The van der Waals surface area contributed by atoms with Gasteiger partial charge in [0.05, 0.1) is 11.3 Å². The number of rotatable bonds is 7. The molecule has 0 aliphatic heterocycles. The molecule has 0 radical (unpaired) electrons. The van der Waals surface area contributed by atoms with Crippen molar-refractivity contribution in [3.63, 3.8) is 0 Å². The van der Waals surface area contributed by atoms with Gasteiger partial charge in [0, 0.05) is 18.9 Å². The van der Waals surface area contributed by atoms with Gasteiger partial charge in [0.25, 0.3) is 5.91 Å². The highest BCUT2D eigenvalue weighted by atomic mass is 16.4. The van der Waals surface area contributed by atoms with Crippen molar-refractivity contribution < 1.29 is 19.5 Å². The van der Waals surface area contributed by atoms with E-state index in [0.717, 1.165) is 25.7 Å². The molecular formula is C18H24N2O4. The number of amides is 2. The Morgan fingerprint density at radius 1 is 1.04 bits per heavy atom. The first-order chi connectivity index (χ1) is 11.6. The summed E-state index contributed by atoms with van der Waals surface area (Å²) in [6.45, 7) is 0. The lowest BCUT2D eigenvalue weighted by Gasteiger charge is -2.23. The van der Waals surface area contributed by atoms with E-state index in [1.165, 1.54) is 6.42 Å². The molecule has 1 fully saturated rings. The Morgan fingerprint density at radius 3 is 2.46 bits per heavy atom. The lowest BCUT2D eigenvalue weighted by Crippen LogP contribution is -2.36. The molecule has 1 aliphatic rings. The first kappa shape index (κ1) is 18.0. The van der Waals surface area contributed by atoms with Crippen LogP contribution in [0.5, 0.6) is 0 Å². The molecule has 6 nitrogen and oxygen atoms in total. The van der Waals surface area contributed by atoms with Gasteiger partial charge in [-0.3, -0.25) is 14.4 Å². The maximum Gasteiger partial charge on any atom is 0.303 e. The number of carboxylic acids is 1. The lowest BCUT2D eigenvalue weighted by molar-refractivity contribution is -0.137. The van der Waals surface area contributed by atoms with Crippen LogP contribution < -0.4 is 10.6 Å². The second-order valence-electron chi connectivity index (χ2n) is 6.15. The van der Waals surface area contributed by atoms with Crippen LogP contribution in [-0.2, 0) is 9.59 Å². The maximum absolute atomic E-state index is 12.5. The number of para-hydroxylation sites is 1. The fourth-order valence-electron chi connectivity index (χ4n) is 2.91. The molecule has 0 aromatic heterocycles. The average molecular weight is 332 g/mol. The van der Waals surface area contributed by atoms with Crippen LogP contribution in [0.25, 0.3) is 0 Å². The summed E-state index contributed by atoms with van der Waals surface area (Å²) in [5.41, 5.74) is 0.904. The van der Waals surface area contributed by atoms with E-state index in [-0.39, 0.29) is 37.1 Å². The molecule has 0 spiro atoms. The van der Waals surface area contributed by atoms with E-state index in [4.69, 9.17) is 5.11 Å². The quantitative estimate of drug-likeness (QED) is 0.715. The van der Waals surface area contributed by atoms with Crippen LogP contribution >= 0.6 is 0 Å². The molecule has 1 aromatic rings. The molecule has 3 N–H and O–H groups in total. The van der Waals surface area contributed by atoms with Crippen LogP contribution in [0.2, 0.25) is 0 Å². The number of hydrogen-bond acceptors (Lipinski definition) is 3. The Balaban J connectivity index is 1.94. The predicted octanol–water partition coefficient (Wildman–Crippen LogP) is 2.94. The fraction of sp³-hybridized carbons (Fsp3) is 0.500. The second kappa shape index (κ2) is 9.05. The van der Waals surface area contributed by atoms with Gasteiger partial charge in [-0.2, -0.15) is 0 Å². The van der Waals surface area contributed by atoms with Gasteiger partial charge in [-0.25, -0.2) is 0 Å². The van der Waals surface area contributed by atoms with Gasteiger partial charge in [0.15, 0.2) is 0 Å². The first-order valence-corrected chi connectivity index (χ1v) is 8.48. The number of carbonyl (C=O) groups is 3. The highest BCUT2D eigenvalue weighted by molar-refractivity contribution is 6.03. The minimum atomic E-state index is -0.921. The molecule has 2 amide bonds. The molecular weight excluding hydrogens is 308 g/mol. The average Bonchev–Trinajstić information content (AvgIpc) is 2.56. The van der Waals surface area contributed by atoms with Crippen molar-refractivity contribution in [2.45, 2.75) is 57.4 Å². The summed E-state index contributed by atoms with van der Waals surface area (Å²) < 4.78 is 0. The Kier molecular flexibility index (Phi) is 6.78. The van der Waals surface area contributed by atoms with Gasteiger partial charge in [-0.1, -0.05) is 31.4 Å². The van der Waals surface area contributed by atoms with Gasteiger partial charge in [-0.05, 0) is 31.4 Å². The number of nitrogens with one attached hydrogen (secondary N) is 2. The van der Waals surface area contributed by atoms with Gasteiger partial charge in [-0.15, -0.1) is 0 Å². The third kappa shape index (κ3) is 5.68. The summed E-state index contributed by atoms with van der Waals surface area (Å²) in [5.74, 6) is -1.38. The van der Waals surface area contributed by atoms with Gasteiger partial charge >= 0.3 is 5.97 Å². The third-order valence-electron chi connectivity index (χ3n) is 4.18. The van der Waals surface area contributed by atoms with E-state index in [9.17, 15) is 14.4 Å². The van der Waals surface area contributed by atoms with E-state index in [2.05, 4.69) is 10.6 Å². The largest absolute Gasteiger partial charge is 0.481 e. The zero-order valence-corrected chi connectivity index (χ0v) is 13.7. The highest BCUT2D eigenvalue weighted by Gasteiger charge is 2.19. The minimum absolute atomic E-state index is 0.0444. The van der Waals surface area contributed by atoms with E-state index in [1.54, 1.807) is 24.3 Å². The second-order valence-corrected chi connectivity index (χ2v) is 6.15. The minimum Gasteiger partial charge on any atom is -0.481 e. The number of carbonyl (C=O) groups excluding carboxylic acids is 2. The number of hydrogen-bond donors (Lipinski definition) is 3. The molecule has 130 valence electrons. The Morgan fingerprint density at radius 2 is 1.75 bits per heavy atom. The summed E-state index contributed by atoms with van der Waals surface area (Å²) in [4.78, 5) is 34.9. The van der Waals surface area contributed by atoms with E-state index in [1.807, 2.05) is 0 Å². The Bertz CT molecular complexity index is 594. The number of anilines is 1. The highest BCUT2D eigenvalue weighted by Crippen LogP contribution is 2.20. The van der Waals surface area contributed by atoms with Crippen LogP contribution in [0.3, 0.4) is 0 Å². The molecule has 6 heteroatoms. The van der Waals surface area contributed by atoms with Crippen molar-refractivity contribution in [1.82, 2.24) is 5.32 Å². The van der Waals surface area contributed by atoms with E-state index >= 15 is 0 Å². The lowest BCUT2D eigenvalue weighted by atomic mass is 9.95. The first-order valence-electron chi connectivity index (χ1n) is 8.48. The maximum atomic E-state index is 12.5. The zero-order valence-electron chi connectivity index (χ0n) is 13.7. The summed E-state index contributed by atoms with van der Waals surface area (Å²) in [5, 5.41) is 14.4. The number of carboxylic acid groups (broad SMARTS) is 1. The van der Waals surface area contributed by atoms with Crippen LogP contribution in [0, 0.1) is 0 Å². The summed E-state index contributed by atoms with van der Waals surface area (Å²) in [7, 11) is 0. The molecule has 0 bridgehead atoms. The van der Waals surface area contributed by atoms with Crippen molar-refractivity contribution in [3.8, 4) is 0 Å². The Hall–Kier alpha value is -2.37. The number of aliphatic carboxylic acids is 1. The summed E-state index contributed by atoms with van der Waals surface area (Å²) in [6.07, 6.45) is 5.82. The van der Waals surface area contributed by atoms with Crippen LogP contribution in [0.15, 0.2) is 24.3 Å². The molecule has 1 aliphatic carbocycles. The SMILES string of the molecule is O=C(O)CCCC(=O)Nc1ccccc1C(=O)NC1CCCCC1. The van der Waals surface area contributed by atoms with Crippen molar-refractivity contribution >= 4 is 23.5 Å². The van der Waals surface area contributed by atoms with Crippen LogP contribution in [0.4, 0.5) is 5.69 Å². The van der Waals surface area contributed by atoms with Crippen molar-refractivity contribution in [2.24, 2.45) is 0 Å². The monoisotopic (exact) mass is 332 g/mol. The molecule has 1 aromatic carbocycles. The third-order valence-corrected chi connectivity index (χ3v) is 4.18. The fourth-order valence-corrected chi connectivity index (χ4v) is 2.91.